The third-order valence-electron chi connectivity index (χ3n) is 2.02. The molecule has 0 atom stereocenters. The molecule has 14 heavy (non-hydrogen) atoms. The summed E-state index contributed by atoms with van der Waals surface area (Å²) >= 11 is 3.04. The van der Waals surface area contributed by atoms with Gasteiger partial charge in [0.25, 0.3) is 0 Å². The molecule has 2 rings (SSSR count). The predicted molar refractivity (Wildman–Crippen MR) is 59.5 cm³/mol. The summed E-state index contributed by atoms with van der Waals surface area (Å²) in [7, 11) is 0. The molecule has 1 aromatic carbocycles. The first-order valence-electron chi connectivity index (χ1n) is 4.12. The lowest BCUT2D eigenvalue weighted by Gasteiger charge is -1.98. The molecule has 0 aliphatic carbocycles. The molecule has 4 heteroatoms. The van der Waals surface area contributed by atoms with Crippen LogP contribution in [-0.4, -0.2) is 11.4 Å². The van der Waals surface area contributed by atoms with Gasteiger partial charge in [-0.3, -0.25) is 0 Å². The van der Waals surface area contributed by atoms with Crippen LogP contribution in [-0.2, 0) is 6.61 Å². The zero-order chi connectivity index (χ0) is 10.1. The summed E-state index contributed by atoms with van der Waals surface area (Å²) in [6, 6.07) is 4.97. The summed E-state index contributed by atoms with van der Waals surface area (Å²) in [5.41, 5.74) is 0. The normalized spacial score (nSPS) is 11.1. The lowest BCUT2D eigenvalue weighted by molar-refractivity contribution is 0.285. The molecule has 1 nitrogen and oxygen atoms in total. The lowest BCUT2D eigenvalue weighted by atomic mass is 10.2. The van der Waals surface area contributed by atoms with Crippen LogP contribution in [0.25, 0.3) is 10.1 Å². The molecule has 0 aliphatic rings. The number of aliphatic hydroxyl groups excluding tert-OH is 1. The smallest absolute Gasteiger partial charge is 0.131 e. The van der Waals surface area contributed by atoms with Crippen LogP contribution in [0.2, 0.25) is 0 Å². The van der Waals surface area contributed by atoms with E-state index in [9.17, 15) is 4.39 Å². The molecule has 2 aromatic rings. The summed E-state index contributed by atoms with van der Waals surface area (Å²) < 4.78 is 14.3. The Kier molecular flexibility index (Phi) is 2.76. The highest BCUT2D eigenvalue weighted by Gasteiger charge is 2.09. The van der Waals surface area contributed by atoms with Crippen LogP contribution in [0.1, 0.15) is 4.88 Å². The largest absolute Gasteiger partial charge is 0.391 e. The van der Waals surface area contributed by atoms with Crippen molar-refractivity contribution in [1.29, 1.82) is 0 Å². The average molecular weight is 228 g/mol. The number of fused-ring (bicyclic) bond motifs is 1. The summed E-state index contributed by atoms with van der Waals surface area (Å²) in [5, 5.41) is 9.59. The summed E-state index contributed by atoms with van der Waals surface area (Å²) in [5.74, 6) is -0.214. The molecule has 0 radical (unpaired) electrons. The third kappa shape index (κ3) is 1.54. The number of hydrogen-bond donors (Lipinski definition) is 1. The fourth-order valence-corrected chi connectivity index (χ4v) is 3.17. The second kappa shape index (κ2) is 3.88. The lowest BCUT2D eigenvalue weighted by Crippen LogP contribution is -1.76. The van der Waals surface area contributed by atoms with Gasteiger partial charge in [-0.05, 0) is 24.5 Å². The summed E-state index contributed by atoms with van der Waals surface area (Å²) in [4.78, 5) is 1.87. The number of thiophene rings is 1. The second-order valence-corrected chi connectivity index (χ2v) is 4.85. The molecule has 1 heterocycles. The van der Waals surface area contributed by atoms with E-state index in [1.165, 1.54) is 17.4 Å². The van der Waals surface area contributed by atoms with E-state index in [1.807, 2.05) is 6.26 Å². The van der Waals surface area contributed by atoms with Crippen molar-refractivity contribution in [3.05, 3.63) is 28.9 Å². The summed E-state index contributed by atoms with van der Waals surface area (Å²) in [6.07, 6.45) is 1.96. The number of hydrogen-bond acceptors (Lipinski definition) is 3. The van der Waals surface area contributed by atoms with Crippen molar-refractivity contribution in [1.82, 2.24) is 0 Å². The Hall–Kier alpha value is -0.580. The maximum Gasteiger partial charge on any atom is 0.131 e. The quantitative estimate of drug-likeness (QED) is 0.796. The highest BCUT2D eigenvalue weighted by Crippen LogP contribution is 2.34. The van der Waals surface area contributed by atoms with Crippen molar-refractivity contribution in [3.63, 3.8) is 0 Å². The fourth-order valence-electron chi connectivity index (χ4n) is 1.36. The minimum Gasteiger partial charge on any atom is -0.391 e. The van der Waals surface area contributed by atoms with Gasteiger partial charge in [0, 0.05) is 15.2 Å². The Morgan fingerprint density at radius 1 is 1.50 bits per heavy atom. The SMILES string of the molecule is CSc1ccc(F)c2cc(CO)sc12. The van der Waals surface area contributed by atoms with E-state index in [4.69, 9.17) is 5.11 Å². The van der Waals surface area contributed by atoms with Crippen molar-refractivity contribution >= 4 is 33.2 Å². The van der Waals surface area contributed by atoms with Gasteiger partial charge in [0.05, 0.1) is 11.3 Å². The molecule has 0 bridgehead atoms. The van der Waals surface area contributed by atoms with Gasteiger partial charge in [0.15, 0.2) is 0 Å². The van der Waals surface area contributed by atoms with Crippen LogP contribution in [0.5, 0.6) is 0 Å². The van der Waals surface area contributed by atoms with E-state index in [0.29, 0.717) is 5.39 Å². The molecule has 1 aromatic heterocycles. The van der Waals surface area contributed by atoms with Gasteiger partial charge in [-0.2, -0.15) is 0 Å². The van der Waals surface area contributed by atoms with E-state index in [1.54, 1.807) is 23.9 Å². The number of halogens is 1. The Balaban J connectivity index is 2.74. The van der Waals surface area contributed by atoms with Gasteiger partial charge in [-0.1, -0.05) is 0 Å². The first-order valence-corrected chi connectivity index (χ1v) is 6.16. The van der Waals surface area contributed by atoms with Crippen molar-refractivity contribution in [2.45, 2.75) is 11.5 Å². The molecule has 0 aliphatic heterocycles. The first kappa shape index (κ1) is 9.96. The fraction of sp³-hybridized carbons (Fsp3) is 0.200. The number of aliphatic hydroxyl groups is 1. The van der Waals surface area contributed by atoms with Crippen LogP contribution in [0.3, 0.4) is 0 Å². The highest BCUT2D eigenvalue weighted by atomic mass is 32.2. The third-order valence-corrected chi connectivity index (χ3v) is 4.08. The van der Waals surface area contributed by atoms with E-state index >= 15 is 0 Å². The van der Waals surface area contributed by atoms with Gasteiger partial charge in [-0.25, -0.2) is 4.39 Å². The van der Waals surface area contributed by atoms with E-state index < -0.39 is 0 Å². The van der Waals surface area contributed by atoms with Crippen LogP contribution in [0.15, 0.2) is 23.1 Å². The Morgan fingerprint density at radius 3 is 2.93 bits per heavy atom. The van der Waals surface area contributed by atoms with Gasteiger partial charge in [0.2, 0.25) is 0 Å². The van der Waals surface area contributed by atoms with Crippen LogP contribution in [0, 0.1) is 5.82 Å². The Bertz CT molecular complexity index is 464. The maximum atomic E-state index is 13.4. The Morgan fingerprint density at radius 2 is 2.29 bits per heavy atom. The highest BCUT2D eigenvalue weighted by molar-refractivity contribution is 7.99. The molecule has 0 unspecified atom stereocenters. The molecule has 74 valence electrons. The van der Waals surface area contributed by atoms with Gasteiger partial charge >= 0.3 is 0 Å². The van der Waals surface area contributed by atoms with E-state index in [-0.39, 0.29) is 12.4 Å². The number of rotatable bonds is 2. The summed E-state index contributed by atoms with van der Waals surface area (Å²) in [6.45, 7) is -0.0212. The first-order chi connectivity index (χ1) is 6.76. The topological polar surface area (TPSA) is 20.2 Å². The van der Waals surface area contributed by atoms with E-state index in [2.05, 4.69) is 0 Å². The number of benzene rings is 1. The minimum absolute atomic E-state index is 0.0212. The average Bonchev–Trinajstić information content (AvgIpc) is 2.63. The van der Waals surface area contributed by atoms with Crippen LogP contribution < -0.4 is 0 Å². The molecule has 0 saturated carbocycles. The maximum absolute atomic E-state index is 13.4. The molecule has 0 saturated heterocycles. The van der Waals surface area contributed by atoms with E-state index in [0.717, 1.165) is 14.5 Å². The molecular weight excluding hydrogens is 219 g/mol. The number of thioether (sulfide) groups is 1. The zero-order valence-electron chi connectivity index (χ0n) is 7.58. The zero-order valence-corrected chi connectivity index (χ0v) is 9.21. The van der Waals surface area contributed by atoms with Crippen LogP contribution in [0.4, 0.5) is 4.39 Å². The van der Waals surface area contributed by atoms with Crippen molar-refractivity contribution < 1.29 is 9.50 Å². The van der Waals surface area contributed by atoms with Crippen molar-refractivity contribution in [3.8, 4) is 0 Å². The second-order valence-electron chi connectivity index (χ2n) is 2.86. The van der Waals surface area contributed by atoms with Gasteiger partial charge < -0.3 is 5.11 Å². The predicted octanol–water partition coefficient (Wildman–Crippen LogP) is 3.25. The monoisotopic (exact) mass is 228 g/mol. The van der Waals surface area contributed by atoms with Crippen molar-refractivity contribution in [2.24, 2.45) is 0 Å². The molecular formula is C10H9FOS2. The minimum atomic E-state index is -0.214. The van der Waals surface area contributed by atoms with Crippen LogP contribution >= 0.6 is 23.1 Å². The Labute approximate surface area is 89.6 Å². The molecule has 0 amide bonds. The van der Waals surface area contributed by atoms with Crippen molar-refractivity contribution in [2.75, 3.05) is 6.26 Å². The molecule has 1 N–H and O–H groups in total. The standard InChI is InChI=1S/C10H9FOS2/c1-13-9-3-2-8(11)7-4-6(5-12)14-10(7)9/h2-4,12H,5H2,1H3. The van der Waals surface area contributed by atoms with Gasteiger partial charge in [0.1, 0.15) is 5.82 Å². The van der Waals surface area contributed by atoms with Gasteiger partial charge in [-0.15, -0.1) is 23.1 Å². The molecule has 0 fully saturated rings. The molecule has 0 spiro atoms.